The van der Waals surface area contributed by atoms with Gasteiger partial charge in [0.15, 0.2) is 0 Å². The van der Waals surface area contributed by atoms with E-state index in [0.29, 0.717) is 0 Å². The summed E-state index contributed by atoms with van der Waals surface area (Å²) in [6.45, 7) is 6.24. The van der Waals surface area contributed by atoms with E-state index in [1.165, 1.54) is 17.4 Å². The molecule has 0 bridgehead atoms. The number of rotatable bonds is 7. The Balaban J connectivity index is 1.81. The first kappa shape index (κ1) is 13.0. The van der Waals surface area contributed by atoms with Gasteiger partial charge in [-0.2, -0.15) is 0 Å². The maximum Gasteiger partial charge on any atom is 0.0702 e. The molecule has 2 rings (SSSR count). The Morgan fingerprint density at radius 1 is 1.06 bits per heavy atom. The molecule has 0 aliphatic carbocycles. The topological polar surface area (TPSA) is 37.0 Å². The summed E-state index contributed by atoms with van der Waals surface area (Å²) in [6.07, 6.45) is 3.03. The van der Waals surface area contributed by atoms with Gasteiger partial charge in [0.1, 0.15) is 0 Å². The maximum absolute atomic E-state index is 4.32. The van der Waals surface area contributed by atoms with Gasteiger partial charge in [0.05, 0.1) is 5.52 Å². The van der Waals surface area contributed by atoms with Gasteiger partial charge >= 0.3 is 0 Å². The van der Waals surface area contributed by atoms with Crippen LogP contribution in [0.3, 0.4) is 0 Å². The van der Waals surface area contributed by atoms with Crippen LogP contribution in [0, 0.1) is 0 Å². The minimum absolute atomic E-state index is 0.915. The summed E-state index contributed by atoms with van der Waals surface area (Å²) < 4.78 is 0. The van der Waals surface area contributed by atoms with Crippen LogP contribution in [0.2, 0.25) is 0 Å². The Bertz CT molecular complexity index is 482. The SMILES string of the molecule is CCCNCCNCc1ccc2ncccc2c1. The lowest BCUT2D eigenvalue weighted by molar-refractivity contribution is 0.607. The molecule has 0 radical (unpaired) electrons. The molecule has 0 amide bonds. The third kappa shape index (κ3) is 3.79. The molecular weight excluding hydrogens is 222 g/mol. The van der Waals surface area contributed by atoms with Crippen LogP contribution in [-0.4, -0.2) is 24.6 Å². The number of aromatic nitrogens is 1. The summed E-state index contributed by atoms with van der Waals surface area (Å²) in [7, 11) is 0. The van der Waals surface area contributed by atoms with Gasteiger partial charge in [-0.1, -0.05) is 19.1 Å². The van der Waals surface area contributed by atoms with Crippen molar-refractivity contribution in [1.82, 2.24) is 15.6 Å². The molecule has 0 saturated heterocycles. The van der Waals surface area contributed by atoms with E-state index in [4.69, 9.17) is 0 Å². The molecule has 0 spiro atoms. The van der Waals surface area contributed by atoms with Crippen LogP contribution in [0.5, 0.6) is 0 Å². The second kappa shape index (κ2) is 7.09. The Hall–Kier alpha value is -1.45. The molecule has 2 aromatic rings. The number of nitrogens with zero attached hydrogens (tertiary/aromatic N) is 1. The third-order valence-electron chi connectivity index (χ3n) is 2.90. The molecule has 1 aromatic heterocycles. The molecule has 0 fully saturated rings. The fourth-order valence-electron chi connectivity index (χ4n) is 1.95. The molecule has 18 heavy (non-hydrogen) atoms. The molecule has 1 aromatic carbocycles. The highest BCUT2D eigenvalue weighted by atomic mass is 14.9. The van der Waals surface area contributed by atoms with E-state index in [0.717, 1.165) is 31.7 Å². The van der Waals surface area contributed by atoms with Crippen LogP contribution in [0.15, 0.2) is 36.5 Å². The Kier molecular flexibility index (Phi) is 5.12. The first-order chi connectivity index (χ1) is 8.90. The quantitative estimate of drug-likeness (QED) is 0.733. The number of hydrogen-bond donors (Lipinski definition) is 2. The summed E-state index contributed by atoms with van der Waals surface area (Å²) in [5, 5.41) is 8.03. The number of hydrogen-bond acceptors (Lipinski definition) is 3. The maximum atomic E-state index is 4.32. The number of pyridine rings is 1. The van der Waals surface area contributed by atoms with Crippen LogP contribution in [0.4, 0.5) is 0 Å². The van der Waals surface area contributed by atoms with E-state index in [-0.39, 0.29) is 0 Å². The van der Waals surface area contributed by atoms with Crippen LogP contribution >= 0.6 is 0 Å². The smallest absolute Gasteiger partial charge is 0.0702 e. The van der Waals surface area contributed by atoms with Gasteiger partial charge < -0.3 is 10.6 Å². The second-order valence-corrected chi connectivity index (χ2v) is 4.46. The van der Waals surface area contributed by atoms with Crippen molar-refractivity contribution in [2.24, 2.45) is 0 Å². The van der Waals surface area contributed by atoms with Gasteiger partial charge in [0, 0.05) is 31.2 Å². The summed E-state index contributed by atoms with van der Waals surface area (Å²) in [4.78, 5) is 4.32. The van der Waals surface area contributed by atoms with Crippen LogP contribution in [0.25, 0.3) is 10.9 Å². The van der Waals surface area contributed by atoms with Crippen molar-refractivity contribution in [1.29, 1.82) is 0 Å². The van der Waals surface area contributed by atoms with Gasteiger partial charge in [-0.15, -0.1) is 0 Å². The largest absolute Gasteiger partial charge is 0.315 e. The molecule has 2 N–H and O–H groups in total. The number of benzene rings is 1. The predicted octanol–water partition coefficient (Wildman–Crippen LogP) is 2.32. The molecular formula is C15H21N3. The van der Waals surface area contributed by atoms with Gasteiger partial charge in [-0.3, -0.25) is 4.98 Å². The minimum atomic E-state index is 0.915. The first-order valence-electron chi connectivity index (χ1n) is 6.65. The molecule has 3 nitrogen and oxygen atoms in total. The van der Waals surface area contributed by atoms with E-state index >= 15 is 0 Å². The second-order valence-electron chi connectivity index (χ2n) is 4.46. The Labute approximate surface area is 109 Å². The van der Waals surface area contributed by atoms with Gasteiger partial charge in [-0.05, 0) is 36.7 Å². The molecule has 96 valence electrons. The van der Waals surface area contributed by atoms with E-state index in [1.807, 2.05) is 12.3 Å². The van der Waals surface area contributed by atoms with Crippen LogP contribution in [0.1, 0.15) is 18.9 Å². The lowest BCUT2D eigenvalue weighted by atomic mass is 10.1. The van der Waals surface area contributed by atoms with E-state index in [2.05, 4.69) is 46.8 Å². The standard InChI is InChI=1S/C15H21N3/c1-2-7-16-9-10-17-12-13-5-6-15-14(11-13)4-3-8-18-15/h3-6,8,11,16-17H,2,7,9-10,12H2,1H3. The van der Waals surface area contributed by atoms with Crippen molar-refractivity contribution in [3.05, 3.63) is 42.1 Å². The summed E-state index contributed by atoms with van der Waals surface area (Å²) in [5.74, 6) is 0. The lowest BCUT2D eigenvalue weighted by Crippen LogP contribution is -2.27. The Morgan fingerprint density at radius 2 is 1.94 bits per heavy atom. The van der Waals surface area contributed by atoms with Crippen LogP contribution in [-0.2, 0) is 6.54 Å². The van der Waals surface area contributed by atoms with E-state index in [1.54, 1.807) is 0 Å². The zero-order valence-electron chi connectivity index (χ0n) is 10.9. The first-order valence-corrected chi connectivity index (χ1v) is 6.65. The monoisotopic (exact) mass is 243 g/mol. The molecule has 3 heteroatoms. The highest BCUT2D eigenvalue weighted by Crippen LogP contribution is 2.12. The fourth-order valence-corrected chi connectivity index (χ4v) is 1.95. The van der Waals surface area contributed by atoms with Crippen molar-refractivity contribution in [3.8, 4) is 0 Å². The van der Waals surface area contributed by atoms with Gasteiger partial charge in [0.2, 0.25) is 0 Å². The third-order valence-corrected chi connectivity index (χ3v) is 2.90. The number of fused-ring (bicyclic) bond motifs is 1. The average molecular weight is 243 g/mol. The minimum Gasteiger partial charge on any atom is -0.315 e. The molecule has 1 heterocycles. The molecule has 0 unspecified atom stereocenters. The zero-order valence-corrected chi connectivity index (χ0v) is 10.9. The summed E-state index contributed by atoms with van der Waals surface area (Å²) in [6, 6.07) is 10.5. The lowest BCUT2D eigenvalue weighted by Gasteiger charge is -2.06. The average Bonchev–Trinajstić information content (AvgIpc) is 2.42. The highest BCUT2D eigenvalue weighted by Gasteiger charge is 1.96. The Morgan fingerprint density at radius 3 is 2.83 bits per heavy atom. The summed E-state index contributed by atoms with van der Waals surface area (Å²) in [5.41, 5.74) is 2.37. The predicted molar refractivity (Wildman–Crippen MR) is 76.6 cm³/mol. The highest BCUT2D eigenvalue weighted by molar-refractivity contribution is 5.78. The van der Waals surface area contributed by atoms with Crippen molar-refractivity contribution in [2.45, 2.75) is 19.9 Å². The van der Waals surface area contributed by atoms with E-state index < -0.39 is 0 Å². The van der Waals surface area contributed by atoms with Gasteiger partial charge in [0.25, 0.3) is 0 Å². The van der Waals surface area contributed by atoms with Gasteiger partial charge in [-0.25, -0.2) is 0 Å². The molecule has 0 aliphatic heterocycles. The van der Waals surface area contributed by atoms with Crippen molar-refractivity contribution in [3.63, 3.8) is 0 Å². The summed E-state index contributed by atoms with van der Waals surface area (Å²) >= 11 is 0. The molecule has 0 atom stereocenters. The number of nitrogens with one attached hydrogen (secondary N) is 2. The normalized spacial score (nSPS) is 10.9. The van der Waals surface area contributed by atoms with E-state index in [9.17, 15) is 0 Å². The fraction of sp³-hybridized carbons (Fsp3) is 0.400. The zero-order chi connectivity index (χ0) is 12.6. The van der Waals surface area contributed by atoms with Crippen LogP contribution < -0.4 is 10.6 Å². The van der Waals surface area contributed by atoms with Crippen molar-refractivity contribution in [2.75, 3.05) is 19.6 Å². The van der Waals surface area contributed by atoms with Crippen molar-refractivity contribution >= 4 is 10.9 Å². The molecule has 0 saturated carbocycles. The van der Waals surface area contributed by atoms with Crippen molar-refractivity contribution < 1.29 is 0 Å². The molecule has 0 aliphatic rings.